The molecule has 0 bridgehead atoms. The minimum Gasteiger partial charge on any atom is -0.456 e. The average Bonchev–Trinajstić information content (AvgIpc) is 3.53. The molecule has 0 saturated heterocycles. The van der Waals surface area contributed by atoms with Gasteiger partial charge in [-0.25, -0.2) is 15.0 Å². The van der Waals surface area contributed by atoms with E-state index in [0.717, 1.165) is 66.2 Å². The smallest absolute Gasteiger partial charge is 0.164 e. The van der Waals surface area contributed by atoms with E-state index < -0.39 is 0 Å². The van der Waals surface area contributed by atoms with E-state index in [2.05, 4.69) is 41.8 Å². The molecule has 0 fully saturated rings. The molecule has 0 saturated carbocycles. The third kappa shape index (κ3) is 4.82. The fourth-order valence-electron chi connectivity index (χ4n) is 6.23. The molecule has 1 aliphatic carbocycles. The molecule has 48 heavy (non-hydrogen) atoms. The van der Waals surface area contributed by atoms with Crippen LogP contribution < -0.4 is 5.43 Å². The van der Waals surface area contributed by atoms with Crippen molar-refractivity contribution in [1.82, 2.24) is 15.0 Å². The lowest BCUT2D eigenvalue weighted by Crippen LogP contribution is -2.19. The largest absolute Gasteiger partial charge is 0.456 e. The van der Waals surface area contributed by atoms with Crippen molar-refractivity contribution >= 4 is 55.9 Å². The maximum absolute atomic E-state index is 8.78. The highest BCUT2D eigenvalue weighted by Crippen LogP contribution is 2.34. The second-order valence-electron chi connectivity index (χ2n) is 11.6. The summed E-state index contributed by atoms with van der Waals surface area (Å²) in [7, 11) is 0. The standard InChI is InChI=1S/C41H26N6O/c42-34-21-19-26-17-15-25-16-18-28(23-32(25)37(26)38(34)47-46-30-11-5-2-6-12-30)40-43-39(27-9-3-1-4-10-27)44-41(45-40)29-20-22-36-33(24-29)31-13-7-8-14-35(31)48-36/h1-24,42,46H/b42-34?,47-38+. The second-order valence-corrected chi connectivity index (χ2v) is 11.6. The van der Waals surface area contributed by atoms with Crippen LogP contribution in [0.4, 0.5) is 5.69 Å². The predicted octanol–water partition coefficient (Wildman–Crippen LogP) is 9.79. The van der Waals surface area contributed by atoms with Crippen LogP contribution in [0.1, 0.15) is 11.1 Å². The number of hydrazone groups is 1. The SMILES string of the molecule is N=C1C=Cc2ccc3ccc(-c4nc(-c5ccccc5)nc(-c5ccc6oc7ccccc7c6c5)n4)cc3c2/C1=N/Nc1ccccc1. The highest BCUT2D eigenvalue weighted by atomic mass is 16.3. The Kier molecular flexibility index (Phi) is 6.47. The molecular formula is C41H26N6O. The van der Waals surface area contributed by atoms with E-state index in [1.807, 2.05) is 103 Å². The number of nitrogens with zero attached hydrogens (tertiary/aromatic N) is 4. The number of nitrogens with one attached hydrogen (secondary N) is 2. The molecule has 226 valence electrons. The molecule has 0 atom stereocenters. The predicted molar refractivity (Wildman–Crippen MR) is 194 cm³/mol. The molecule has 0 spiro atoms. The average molecular weight is 619 g/mol. The van der Waals surface area contributed by atoms with E-state index in [4.69, 9.17) is 29.9 Å². The summed E-state index contributed by atoms with van der Waals surface area (Å²) in [6, 6.07) is 44.2. The zero-order valence-corrected chi connectivity index (χ0v) is 25.6. The van der Waals surface area contributed by atoms with Crippen LogP contribution in [0.3, 0.4) is 0 Å². The number of rotatable bonds is 5. The molecule has 8 aromatic rings. The van der Waals surface area contributed by atoms with E-state index in [-0.39, 0.29) is 0 Å². The van der Waals surface area contributed by atoms with Gasteiger partial charge in [0.15, 0.2) is 17.5 Å². The Labute approximate surface area is 275 Å². The van der Waals surface area contributed by atoms with Gasteiger partial charge in [0.25, 0.3) is 0 Å². The third-order valence-electron chi connectivity index (χ3n) is 8.61. The summed E-state index contributed by atoms with van der Waals surface area (Å²) in [6.45, 7) is 0. The van der Waals surface area contributed by atoms with Crippen molar-refractivity contribution in [3.05, 3.63) is 151 Å². The van der Waals surface area contributed by atoms with Gasteiger partial charge in [0, 0.05) is 33.0 Å². The number of hydrogen-bond donors (Lipinski definition) is 2. The molecule has 9 rings (SSSR count). The summed E-state index contributed by atoms with van der Waals surface area (Å²) in [5, 5.41) is 17.5. The van der Waals surface area contributed by atoms with Crippen molar-refractivity contribution in [3.8, 4) is 34.2 Å². The monoisotopic (exact) mass is 618 g/mol. The summed E-state index contributed by atoms with van der Waals surface area (Å²) in [5.74, 6) is 1.71. The Hall–Kier alpha value is -6.73. The van der Waals surface area contributed by atoms with Crippen LogP contribution in [-0.2, 0) is 0 Å². The number of para-hydroxylation sites is 2. The van der Waals surface area contributed by atoms with Crippen LogP contribution >= 0.6 is 0 Å². The maximum atomic E-state index is 8.78. The minimum absolute atomic E-state index is 0.333. The Morgan fingerprint density at radius 2 is 1.17 bits per heavy atom. The quantitative estimate of drug-likeness (QED) is 0.187. The van der Waals surface area contributed by atoms with Crippen LogP contribution in [-0.4, -0.2) is 26.4 Å². The summed E-state index contributed by atoms with van der Waals surface area (Å²) in [5.41, 5.74) is 11.0. The van der Waals surface area contributed by atoms with Crippen molar-refractivity contribution in [1.29, 1.82) is 5.41 Å². The van der Waals surface area contributed by atoms with Gasteiger partial charge in [0.2, 0.25) is 0 Å². The number of furan rings is 1. The molecule has 2 heterocycles. The topological polar surface area (TPSA) is 100 Å². The fraction of sp³-hybridized carbons (Fsp3) is 0. The molecule has 1 aliphatic rings. The summed E-state index contributed by atoms with van der Waals surface area (Å²) in [6.07, 6.45) is 3.75. The first kappa shape index (κ1) is 27.6. The molecule has 0 amide bonds. The Morgan fingerprint density at radius 3 is 1.96 bits per heavy atom. The minimum atomic E-state index is 0.333. The first-order chi connectivity index (χ1) is 23.7. The number of aromatic nitrogens is 3. The van der Waals surface area contributed by atoms with Crippen molar-refractivity contribution in [3.63, 3.8) is 0 Å². The van der Waals surface area contributed by atoms with Gasteiger partial charge in [-0.3, -0.25) is 10.8 Å². The zero-order valence-electron chi connectivity index (χ0n) is 25.6. The van der Waals surface area contributed by atoms with Gasteiger partial charge in [-0.15, -0.1) is 0 Å². The van der Waals surface area contributed by atoms with E-state index in [1.54, 1.807) is 6.08 Å². The molecule has 0 radical (unpaired) electrons. The molecule has 2 aromatic heterocycles. The van der Waals surface area contributed by atoms with Crippen LogP contribution in [0.25, 0.3) is 73.0 Å². The van der Waals surface area contributed by atoms with Gasteiger partial charge in [0.05, 0.1) is 11.4 Å². The Morgan fingerprint density at radius 1 is 0.542 bits per heavy atom. The van der Waals surface area contributed by atoms with Crippen molar-refractivity contribution in [2.75, 3.05) is 5.43 Å². The molecule has 6 aromatic carbocycles. The molecule has 2 N–H and O–H groups in total. The summed E-state index contributed by atoms with van der Waals surface area (Å²) in [4.78, 5) is 15.0. The van der Waals surface area contributed by atoms with E-state index in [1.165, 1.54) is 0 Å². The van der Waals surface area contributed by atoms with E-state index in [0.29, 0.717) is 28.9 Å². The summed E-state index contributed by atoms with van der Waals surface area (Å²) >= 11 is 0. The van der Waals surface area contributed by atoms with Gasteiger partial charge in [0.1, 0.15) is 16.9 Å². The number of fused-ring (bicyclic) bond motifs is 6. The number of anilines is 1. The number of hydrogen-bond acceptors (Lipinski definition) is 7. The van der Waals surface area contributed by atoms with Crippen LogP contribution in [0.2, 0.25) is 0 Å². The highest BCUT2D eigenvalue weighted by molar-refractivity contribution is 6.55. The van der Waals surface area contributed by atoms with Gasteiger partial charge in [-0.05, 0) is 64.9 Å². The lowest BCUT2D eigenvalue weighted by Gasteiger charge is -2.18. The fourth-order valence-corrected chi connectivity index (χ4v) is 6.23. The Bertz CT molecular complexity index is 2600. The maximum Gasteiger partial charge on any atom is 0.164 e. The van der Waals surface area contributed by atoms with Crippen molar-refractivity contribution in [2.24, 2.45) is 5.10 Å². The van der Waals surface area contributed by atoms with Crippen LogP contribution in [0.15, 0.2) is 149 Å². The molecule has 7 heteroatoms. The van der Waals surface area contributed by atoms with Gasteiger partial charge >= 0.3 is 0 Å². The summed E-state index contributed by atoms with van der Waals surface area (Å²) < 4.78 is 6.09. The van der Waals surface area contributed by atoms with Crippen molar-refractivity contribution in [2.45, 2.75) is 0 Å². The Balaban J connectivity index is 1.22. The normalized spacial score (nSPS) is 13.4. The number of benzene rings is 6. The molecule has 0 unspecified atom stereocenters. The molecular weight excluding hydrogens is 592 g/mol. The van der Waals surface area contributed by atoms with Crippen molar-refractivity contribution < 1.29 is 4.42 Å². The second kappa shape index (κ2) is 11.3. The lowest BCUT2D eigenvalue weighted by atomic mass is 9.88. The van der Waals surface area contributed by atoms with Gasteiger partial charge in [-0.2, -0.15) is 5.10 Å². The van der Waals surface area contributed by atoms with Crippen LogP contribution in [0, 0.1) is 5.41 Å². The highest BCUT2D eigenvalue weighted by Gasteiger charge is 2.21. The third-order valence-corrected chi connectivity index (χ3v) is 8.61. The van der Waals surface area contributed by atoms with Gasteiger partial charge < -0.3 is 4.42 Å². The number of allylic oxidation sites excluding steroid dienone is 1. The first-order valence-corrected chi connectivity index (χ1v) is 15.6. The molecule has 0 aliphatic heterocycles. The zero-order chi connectivity index (χ0) is 32.0. The van der Waals surface area contributed by atoms with Crippen LogP contribution in [0.5, 0.6) is 0 Å². The lowest BCUT2D eigenvalue weighted by molar-refractivity contribution is 0.669. The first-order valence-electron chi connectivity index (χ1n) is 15.6. The van der Waals surface area contributed by atoms with E-state index in [9.17, 15) is 0 Å². The van der Waals surface area contributed by atoms with E-state index >= 15 is 0 Å². The molecule has 7 nitrogen and oxygen atoms in total. The van der Waals surface area contributed by atoms with Gasteiger partial charge in [-0.1, -0.05) is 97.1 Å².